The first kappa shape index (κ1) is 17.2. The summed E-state index contributed by atoms with van der Waals surface area (Å²) in [6.07, 6.45) is 5.06. The molecule has 1 saturated carbocycles. The van der Waals surface area contributed by atoms with E-state index in [4.69, 9.17) is 9.47 Å². The molecule has 0 bridgehead atoms. The van der Waals surface area contributed by atoms with Crippen LogP contribution in [-0.4, -0.2) is 73.9 Å². The molecule has 0 aromatic heterocycles. The van der Waals surface area contributed by atoms with Crippen LogP contribution in [-0.2, 0) is 14.3 Å². The van der Waals surface area contributed by atoms with Crippen LogP contribution < -0.4 is 0 Å². The molecule has 2 heterocycles. The average molecular weight is 324 g/mol. The van der Waals surface area contributed by atoms with Crippen LogP contribution in [0.1, 0.15) is 39.5 Å². The van der Waals surface area contributed by atoms with Crippen molar-refractivity contribution < 1.29 is 14.3 Å². The first-order valence-electron chi connectivity index (χ1n) is 9.34. The third-order valence-electron chi connectivity index (χ3n) is 5.77. The minimum absolute atomic E-state index is 0.172. The molecule has 3 aliphatic rings. The van der Waals surface area contributed by atoms with Crippen LogP contribution in [0.3, 0.4) is 0 Å². The number of amides is 1. The van der Waals surface area contributed by atoms with E-state index in [-0.39, 0.29) is 18.6 Å². The lowest BCUT2D eigenvalue weighted by molar-refractivity contribution is -0.138. The summed E-state index contributed by atoms with van der Waals surface area (Å²) in [4.78, 5) is 17.0. The fraction of sp³-hybridized carbons (Fsp3) is 0.944. The molecular weight excluding hydrogens is 292 g/mol. The Kier molecular flexibility index (Phi) is 5.94. The third-order valence-corrected chi connectivity index (χ3v) is 5.77. The molecule has 3 fully saturated rings. The maximum Gasteiger partial charge on any atom is 0.248 e. The van der Waals surface area contributed by atoms with Crippen LogP contribution in [0.15, 0.2) is 0 Å². The molecule has 1 aliphatic carbocycles. The number of hydrogen-bond donors (Lipinski definition) is 0. The van der Waals surface area contributed by atoms with Gasteiger partial charge in [0.25, 0.3) is 0 Å². The van der Waals surface area contributed by atoms with Gasteiger partial charge in [0.05, 0.1) is 19.3 Å². The molecule has 4 atom stereocenters. The summed E-state index contributed by atoms with van der Waals surface area (Å²) in [5.41, 5.74) is 0. The van der Waals surface area contributed by atoms with Gasteiger partial charge >= 0.3 is 0 Å². The lowest BCUT2D eigenvalue weighted by atomic mass is 9.89. The highest BCUT2D eigenvalue weighted by Crippen LogP contribution is 2.26. The first-order chi connectivity index (χ1) is 11.1. The van der Waals surface area contributed by atoms with E-state index in [0.717, 1.165) is 58.2 Å². The van der Waals surface area contributed by atoms with Crippen molar-refractivity contribution >= 4 is 5.91 Å². The monoisotopic (exact) mass is 324 g/mol. The summed E-state index contributed by atoms with van der Waals surface area (Å²) in [5, 5.41) is 0. The van der Waals surface area contributed by atoms with Crippen molar-refractivity contribution in [3.8, 4) is 0 Å². The number of nitrogens with zero attached hydrogens (tertiary/aromatic N) is 2. The van der Waals surface area contributed by atoms with Gasteiger partial charge < -0.3 is 14.4 Å². The van der Waals surface area contributed by atoms with Crippen molar-refractivity contribution in [3.63, 3.8) is 0 Å². The van der Waals surface area contributed by atoms with Gasteiger partial charge in [-0.2, -0.15) is 0 Å². The summed E-state index contributed by atoms with van der Waals surface area (Å²) in [6.45, 7) is 10.2. The molecular formula is C18H32N2O3. The van der Waals surface area contributed by atoms with Crippen molar-refractivity contribution in [1.82, 2.24) is 9.80 Å². The maximum atomic E-state index is 12.5. The molecule has 0 spiro atoms. The van der Waals surface area contributed by atoms with Crippen molar-refractivity contribution in [2.24, 2.45) is 11.8 Å². The van der Waals surface area contributed by atoms with E-state index < -0.39 is 0 Å². The molecule has 5 nitrogen and oxygen atoms in total. The van der Waals surface area contributed by atoms with E-state index in [2.05, 4.69) is 18.7 Å². The van der Waals surface area contributed by atoms with Gasteiger partial charge in [-0.3, -0.25) is 9.69 Å². The highest BCUT2D eigenvalue weighted by atomic mass is 16.5. The fourth-order valence-corrected chi connectivity index (χ4v) is 4.35. The highest BCUT2D eigenvalue weighted by Gasteiger charge is 2.36. The molecule has 1 amide bonds. The van der Waals surface area contributed by atoms with Gasteiger partial charge in [-0.25, -0.2) is 0 Å². The van der Waals surface area contributed by atoms with E-state index in [9.17, 15) is 4.79 Å². The minimum atomic E-state index is 0.172. The number of carbonyl (C=O) groups is 1. The minimum Gasteiger partial charge on any atom is -0.379 e. The molecule has 132 valence electrons. The van der Waals surface area contributed by atoms with Crippen molar-refractivity contribution in [1.29, 1.82) is 0 Å². The van der Waals surface area contributed by atoms with E-state index in [1.54, 1.807) is 0 Å². The summed E-state index contributed by atoms with van der Waals surface area (Å²) in [7, 11) is 0. The lowest BCUT2D eigenvalue weighted by Gasteiger charge is -2.34. The van der Waals surface area contributed by atoms with Crippen LogP contribution >= 0.6 is 0 Å². The van der Waals surface area contributed by atoms with Crippen LogP contribution in [0.25, 0.3) is 0 Å². The second-order valence-corrected chi connectivity index (χ2v) is 7.70. The molecule has 23 heavy (non-hydrogen) atoms. The molecule has 2 saturated heterocycles. The SMILES string of the molecule is C[C@@H]1CCC[C@H](OCC(=O)N2C[C@H](C)[C@@H](N3CCOCC3)C2)C1. The maximum absolute atomic E-state index is 12.5. The van der Waals surface area contributed by atoms with Crippen molar-refractivity contribution in [2.45, 2.75) is 51.7 Å². The van der Waals surface area contributed by atoms with Crippen molar-refractivity contribution in [3.05, 3.63) is 0 Å². The smallest absolute Gasteiger partial charge is 0.248 e. The molecule has 3 rings (SSSR count). The lowest BCUT2D eigenvalue weighted by Crippen LogP contribution is -2.47. The Bertz CT molecular complexity index is 398. The molecule has 0 aromatic rings. The molecule has 5 heteroatoms. The Morgan fingerprint density at radius 3 is 2.70 bits per heavy atom. The standard InChI is InChI=1S/C18H32N2O3/c1-14-4-3-5-16(10-14)23-13-18(21)20-11-15(2)17(12-20)19-6-8-22-9-7-19/h14-17H,3-13H2,1-2H3/t14-,15+,16+,17+/m1/s1. The van der Waals surface area contributed by atoms with Gasteiger partial charge in [0.1, 0.15) is 6.61 Å². The fourth-order valence-electron chi connectivity index (χ4n) is 4.35. The summed E-state index contributed by atoms with van der Waals surface area (Å²) in [5.74, 6) is 1.44. The Labute approximate surface area is 140 Å². The van der Waals surface area contributed by atoms with E-state index in [0.29, 0.717) is 12.0 Å². The molecule has 0 aromatic carbocycles. The molecule has 0 N–H and O–H groups in total. The number of likely N-dealkylation sites (tertiary alicyclic amines) is 1. The zero-order valence-electron chi connectivity index (χ0n) is 14.7. The van der Waals surface area contributed by atoms with Crippen LogP contribution in [0.4, 0.5) is 0 Å². The summed E-state index contributed by atoms with van der Waals surface area (Å²) in [6, 6.07) is 0.484. The van der Waals surface area contributed by atoms with E-state index >= 15 is 0 Å². The van der Waals surface area contributed by atoms with Gasteiger partial charge in [0.15, 0.2) is 0 Å². The van der Waals surface area contributed by atoms with Gasteiger partial charge in [0.2, 0.25) is 5.91 Å². The summed E-state index contributed by atoms with van der Waals surface area (Å²) >= 11 is 0. The van der Waals surface area contributed by atoms with E-state index in [1.165, 1.54) is 12.8 Å². The van der Waals surface area contributed by atoms with Gasteiger partial charge in [-0.1, -0.05) is 26.7 Å². The molecule has 2 aliphatic heterocycles. The second-order valence-electron chi connectivity index (χ2n) is 7.70. The number of rotatable bonds is 4. The van der Waals surface area contributed by atoms with Crippen LogP contribution in [0.2, 0.25) is 0 Å². The third kappa shape index (κ3) is 4.46. The number of hydrogen-bond acceptors (Lipinski definition) is 4. The quantitative estimate of drug-likeness (QED) is 0.790. The summed E-state index contributed by atoms with van der Waals surface area (Å²) < 4.78 is 11.4. The Morgan fingerprint density at radius 2 is 1.96 bits per heavy atom. The number of ether oxygens (including phenoxy) is 2. The van der Waals surface area contributed by atoms with E-state index in [1.807, 2.05) is 4.90 Å². The first-order valence-corrected chi connectivity index (χ1v) is 9.34. The largest absolute Gasteiger partial charge is 0.379 e. The molecule has 0 unspecified atom stereocenters. The highest BCUT2D eigenvalue weighted by molar-refractivity contribution is 5.77. The predicted octanol–water partition coefficient (Wildman–Crippen LogP) is 1.76. The zero-order chi connectivity index (χ0) is 16.2. The topological polar surface area (TPSA) is 42.0 Å². The Morgan fingerprint density at radius 1 is 1.17 bits per heavy atom. The van der Waals surface area contributed by atoms with Gasteiger partial charge in [-0.05, 0) is 24.7 Å². The van der Waals surface area contributed by atoms with Crippen LogP contribution in [0.5, 0.6) is 0 Å². The predicted molar refractivity (Wildman–Crippen MR) is 89.3 cm³/mol. The zero-order valence-corrected chi connectivity index (χ0v) is 14.7. The number of carbonyl (C=O) groups excluding carboxylic acids is 1. The average Bonchev–Trinajstić information content (AvgIpc) is 2.95. The Balaban J connectivity index is 1.44. The second kappa shape index (κ2) is 7.95. The normalized spacial score (nSPS) is 36.3. The van der Waals surface area contributed by atoms with Crippen LogP contribution in [0, 0.1) is 11.8 Å². The van der Waals surface area contributed by atoms with Gasteiger partial charge in [-0.15, -0.1) is 0 Å². The Hall–Kier alpha value is -0.650. The number of morpholine rings is 1. The molecule has 0 radical (unpaired) electrons. The van der Waals surface area contributed by atoms with Crippen molar-refractivity contribution in [2.75, 3.05) is 46.0 Å². The van der Waals surface area contributed by atoms with Gasteiger partial charge in [0, 0.05) is 32.2 Å².